The van der Waals surface area contributed by atoms with Crippen molar-refractivity contribution >= 4 is 11.6 Å². The second-order valence-electron chi connectivity index (χ2n) is 6.00. The third kappa shape index (κ3) is 4.55. The minimum Gasteiger partial charge on any atom is -0.376 e. The molecule has 1 aromatic heterocycles. The summed E-state index contributed by atoms with van der Waals surface area (Å²) in [5.41, 5.74) is 1.86. The first-order valence-electron chi connectivity index (χ1n) is 8.29. The molecule has 1 aromatic carbocycles. The first-order valence-corrected chi connectivity index (χ1v) is 8.29. The Morgan fingerprint density at radius 2 is 1.87 bits per heavy atom. The summed E-state index contributed by atoms with van der Waals surface area (Å²) in [5.74, 6) is 0.0669. The van der Waals surface area contributed by atoms with Crippen molar-refractivity contribution in [2.45, 2.75) is 44.6 Å². The zero-order valence-corrected chi connectivity index (χ0v) is 13.2. The largest absolute Gasteiger partial charge is 0.376 e. The van der Waals surface area contributed by atoms with Crippen molar-refractivity contribution in [2.75, 3.05) is 11.9 Å². The van der Waals surface area contributed by atoms with Crippen LogP contribution in [-0.2, 0) is 4.79 Å². The SMILES string of the molecule is O=C(CNc1ccc(-n2cncn2)cc1)NC1CCCCCC1. The van der Waals surface area contributed by atoms with Crippen LogP contribution < -0.4 is 10.6 Å². The normalized spacial score (nSPS) is 15.8. The Hall–Kier alpha value is -2.37. The highest BCUT2D eigenvalue weighted by Crippen LogP contribution is 2.17. The van der Waals surface area contributed by atoms with Crippen molar-refractivity contribution in [3.63, 3.8) is 0 Å². The van der Waals surface area contributed by atoms with Crippen LogP contribution in [-0.4, -0.2) is 33.3 Å². The van der Waals surface area contributed by atoms with Gasteiger partial charge in [-0.1, -0.05) is 25.7 Å². The molecule has 0 spiro atoms. The third-order valence-corrected chi connectivity index (χ3v) is 4.22. The van der Waals surface area contributed by atoms with Gasteiger partial charge in [0.25, 0.3) is 0 Å². The van der Waals surface area contributed by atoms with Gasteiger partial charge in [-0.15, -0.1) is 0 Å². The fraction of sp³-hybridized carbons (Fsp3) is 0.471. The number of aromatic nitrogens is 3. The van der Waals surface area contributed by atoms with Crippen LogP contribution in [0.1, 0.15) is 38.5 Å². The van der Waals surface area contributed by atoms with Gasteiger partial charge in [0.1, 0.15) is 12.7 Å². The van der Waals surface area contributed by atoms with Gasteiger partial charge in [0.15, 0.2) is 0 Å². The van der Waals surface area contributed by atoms with Crippen LogP contribution in [0.3, 0.4) is 0 Å². The molecule has 1 saturated carbocycles. The number of carbonyl (C=O) groups excluding carboxylic acids is 1. The quantitative estimate of drug-likeness (QED) is 0.832. The predicted octanol–water partition coefficient (Wildman–Crippen LogP) is 2.52. The molecule has 0 bridgehead atoms. The van der Waals surface area contributed by atoms with Crippen molar-refractivity contribution in [1.29, 1.82) is 0 Å². The zero-order chi connectivity index (χ0) is 15.9. The summed E-state index contributed by atoms with van der Waals surface area (Å²) < 4.78 is 1.70. The minimum absolute atomic E-state index is 0.0669. The number of anilines is 1. The van der Waals surface area contributed by atoms with E-state index in [0.717, 1.165) is 24.2 Å². The van der Waals surface area contributed by atoms with E-state index in [2.05, 4.69) is 20.7 Å². The molecule has 2 aromatic rings. The van der Waals surface area contributed by atoms with E-state index in [4.69, 9.17) is 0 Å². The van der Waals surface area contributed by atoms with Crippen molar-refractivity contribution in [2.24, 2.45) is 0 Å². The second kappa shape index (κ2) is 7.76. The van der Waals surface area contributed by atoms with Crippen LogP contribution in [0.15, 0.2) is 36.9 Å². The highest BCUT2D eigenvalue weighted by Gasteiger charge is 2.14. The van der Waals surface area contributed by atoms with Crippen molar-refractivity contribution < 1.29 is 4.79 Å². The Labute approximate surface area is 136 Å². The Balaban J connectivity index is 1.47. The summed E-state index contributed by atoms with van der Waals surface area (Å²) in [7, 11) is 0. The topological polar surface area (TPSA) is 71.8 Å². The molecule has 1 fully saturated rings. The monoisotopic (exact) mass is 313 g/mol. The van der Waals surface area contributed by atoms with Gasteiger partial charge in [0.05, 0.1) is 12.2 Å². The fourth-order valence-electron chi connectivity index (χ4n) is 2.96. The first-order chi connectivity index (χ1) is 11.3. The molecule has 3 rings (SSSR count). The molecule has 0 atom stereocenters. The van der Waals surface area contributed by atoms with Gasteiger partial charge < -0.3 is 10.6 Å². The number of hydrogen-bond donors (Lipinski definition) is 2. The number of nitrogens with zero attached hydrogens (tertiary/aromatic N) is 3. The van der Waals surface area contributed by atoms with E-state index in [1.807, 2.05) is 24.3 Å². The molecule has 0 aliphatic heterocycles. The Morgan fingerprint density at radius 3 is 2.52 bits per heavy atom. The molecule has 23 heavy (non-hydrogen) atoms. The van der Waals surface area contributed by atoms with Crippen LogP contribution in [0.5, 0.6) is 0 Å². The summed E-state index contributed by atoms with van der Waals surface area (Å²) in [6.45, 7) is 0.305. The van der Waals surface area contributed by atoms with Gasteiger partial charge in [-0.2, -0.15) is 5.10 Å². The Bertz CT molecular complexity index is 600. The van der Waals surface area contributed by atoms with Gasteiger partial charge in [-0.25, -0.2) is 9.67 Å². The first kappa shape index (κ1) is 15.5. The van der Waals surface area contributed by atoms with Crippen LogP contribution in [0.4, 0.5) is 5.69 Å². The van der Waals surface area contributed by atoms with E-state index < -0.39 is 0 Å². The molecule has 122 valence electrons. The van der Waals surface area contributed by atoms with E-state index in [1.165, 1.54) is 32.0 Å². The van der Waals surface area contributed by atoms with E-state index in [-0.39, 0.29) is 5.91 Å². The third-order valence-electron chi connectivity index (χ3n) is 4.22. The maximum Gasteiger partial charge on any atom is 0.239 e. The van der Waals surface area contributed by atoms with E-state index in [0.29, 0.717) is 12.6 Å². The van der Waals surface area contributed by atoms with Crippen molar-refractivity contribution in [1.82, 2.24) is 20.1 Å². The van der Waals surface area contributed by atoms with E-state index in [9.17, 15) is 4.79 Å². The zero-order valence-electron chi connectivity index (χ0n) is 13.2. The fourth-order valence-corrected chi connectivity index (χ4v) is 2.96. The molecule has 1 amide bonds. The lowest BCUT2D eigenvalue weighted by Gasteiger charge is -2.16. The molecule has 2 N–H and O–H groups in total. The standard InChI is InChI=1S/C17H23N5O/c23-17(21-15-5-3-1-2-4-6-15)11-19-14-7-9-16(10-8-14)22-13-18-12-20-22/h7-10,12-13,15,19H,1-6,11H2,(H,21,23). The molecule has 6 nitrogen and oxygen atoms in total. The maximum atomic E-state index is 12.1. The average Bonchev–Trinajstić information content (AvgIpc) is 2.99. The molecule has 1 aliphatic rings. The van der Waals surface area contributed by atoms with Crippen LogP contribution in [0.25, 0.3) is 5.69 Å². The molecular formula is C17H23N5O. The summed E-state index contributed by atoms with van der Waals surface area (Å²) in [4.78, 5) is 16.0. The number of nitrogens with one attached hydrogen (secondary N) is 2. The highest BCUT2D eigenvalue weighted by molar-refractivity contribution is 5.81. The molecule has 1 heterocycles. The van der Waals surface area contributed by atoms with Gasteiger partial charge in [-0.05, 0) is 37.1 Å². The number of carbonyl (C=O) groups is 1. The number of amides is 1. The number of rotatable bonds is 5. The molecular weight excluding hydrogens is 290 g/mol. The summed E-state index contributed by atoms with van der Waals surface area (Å²) in [6.07, 6.45) is 10.4. The van der Waals surface area contributed by atoms with E-state index in [1.54, 1.807) is 11.0 Å². The van der Waals surface area contributed by atoms with E-state index >= 15 is 0 Å². The van der Waals surface area contributed by atoms with Crippen LogP contribution in [0, 0.1) is 0 Å². The second-order valence-corrected chi connectivity index (χ2v) is 6.00. The van der Waals surface area contributed by atoms with Crippen molar-refractivity contribution in [3.8, 4) is 5.69 Å². The Morgan fingerprint density at radius 1 is 1.13 bits per heavy atom. The summed E-state index contributed by atoms with van der Waals surface area (Å²) >= 11 is 0. The van der Waals surface area contributed by atoms with Gasteiger partial charge in [-0.3, -0.25) is 4.79 Å². The van der Waals surface area contributed by atoms with Gasteiger partial charge in [0, 0.05) is 11.7 Å². The lowest BCUT2D eigenvalue weighted by Crippen LogP contribution is -2.38. The molecule has 1 aliphatic carbocycles. The molecule has 6 heteroatoms. The van der Waals surface area contributed by atoms with Crippen LogP contribution >= 0.6 is 0 Å². The van der Waals surface area contributed by atoms with Gasteiger partial charge in [0.2, 0.25) is 5.91 Å². The molecule has 0 saturated heterocycles. The lowest BCUT2D eigenvalue weighted by atomic mass is 10.1. The maximum absolute atomic E-state index is 12.1. The lowest BCUT2D eigenvalue weighted by molar-refractivity contribution is -0.120. The molecule has 0 unspecified atom stereocenters. The summed E-state index contributed by atoms with van der Waals surface area (Å²) in [6, 6.07) is 8.12. The molecule has 0 radical (unpaired) electrons. The number of benzene rings is 1. The van der Waals surface area contributed by atoms with Crippen molar-refractivity contribution in [3.05, 3.63) is 36.9 Å². The summed E-state index contributed by atoms with van der Waals surface area (Å²) in [5, 5.41) is 10.4. The Kier molecular flexibility index (Phi) is 5.24. The predicted molar refractivity (Wildman–Crippen MR) is 89.5 cm³/mol. The highest BCUT2D eigenvalue weighted by atomic mass is 16.1. The average molecular weight is 313 g/mol. The van der Waals surface area contributed by atoms with Crippen LogP contribution in [0.2, 0.25) is 0 Å². The smallest absolute Gasteiger partial charge is 0.239 e. The van der Waals surface area contributed by atoms with Gasteiger partial charge >= 0.3 is 0 Å². The number of hydrogen-bond acceptors (Lipinski definition) is 4. The minimum atomic E-state index is 0.0669.